The molecule has 88 valence electrons. The summed E-state index contributed by atoms with van der Waals surface area (Å²) >= 11 is 0. The molecule has 1 fully saturated rings. The summed E-state index contributed by atoms with van der Waals surface area (Å²) in [4.78, 5) is 4.29. The van der Waals surface area contributed by atoms with Crippen molar-refractivity contribution in [3.05, 3.63) is 23.9 Å². The van der Waals surface area contributed by atoms with Crippen LogP contribution >= 0.6 is 0 Å². The van der Waals surface area contributed by atoms with E-state index < -0.39 is 0 Å². The van der Waals surface area contributed by atoms with Gasteiger partial charge in [0.15, 0.2) is 0 Å². The summed E-state index contributed by atoms with van der Waals surface area (Å²) in [5, 5.41) is 3.38. The number of hydrogen-bond donors (Lipinski definition) is 1. The summed E-state index contributed by atoms with van der Waals surface area (Å²) in [5.74, 6) is 1.58. The van der Waals surface area contributed by atoms with Gasteiger partial charge in [-0.3, -0.25) is 0 Å². The number of pyridine rings is 1. The highest BCUT2D eigenvalue weighted by Crippen LogP contribution is 2.29. The van der Waals surface area contributed by atoms with Crippen LogP contribution in [0.3, 0.4) is 0 Å². The van der Waals surface area contributed by atoms with Gasteiger partial charge in [-0.2, -0.15) is 0 Å². The number of hydrogen-bond acceptors (Lipinski definition) is 3. The van der Waals surface area contributed by atoms with E-state index in [1.165, 1.54) is 12.8 Å². The average molecular weight is 220 g/mol. The van der Waals surface area contributed by atoms with Crippen molar-refractivity contribution in [2.45, 2.75) is 32.7 Å². The molecule has 0 spiro atoms. The molecule has 0 saturated heterocycles. The Bertz CT molecular complexity index is 323. The molecule has 1 aromatic heterocycles. The zero-order valence-corrected chi connectivity index (χ0v) is 9.91. The summed E-state index contributed by atoms with van der Waals surface area (Å²) in [6.07, 6.45) is 5.58. The van der Waals surface area contributed by atoms with E-state index in [9.17, 15) is 0 Å². The molecule has 0 aromatic carbocycles. The van der Waals surface area contributed by atoms with E-state index in [1.54, 1.807) is 6.20 Å². The second kappa shape index (κ2) is 5.85. The van der Waals surface area contributed by atoms with Crippen molar-refractivity contribution < 1.29 is 4.74 Å². The monoisotopic (exact) mass is 220 g/mol. The number of aromatic nitrogens is 1. The van der Waals surface area contributed by atoms with Crippen molar-refractivity contribution in [1.82, 2.24) is 10.3 Å². The van der Waals surface area contributed by atoms with Gasteiger partial charge < -0.3 is 10.1 Å². The summed E-state index contributed by atoms with van der Waals surface area (Å²) in [6, 6.07) is 4.05. The maximum absolute atomic E-state index is 5.74. The standard InChI is InChI=1S/C13H20N2O/c1-2-7-14-9-12-4-3-8-15-13(12)16-10-11-5-6-11/h3-4,8,11,14H,2,5-7,9-10H2,1H3. The molecule has 0 unspecified atom stereocenters. The highest BCUT2D eigenvalue weighted by atomic mass is 16.5. The molecule has 0 aliphatic heterocycles. The van der Waals surface area contributed by atoms with E-state index in [4.69, 9.17) is 4.74 Å². The van der Waals surface area contributed by atoms with Gasteiger partial charge in [0, 0.05) is 18.3 Å². The Morgan fingerprint density at radius 2 is 2.38 bits per heavy atom. The van der Waals surface area contributed by atoms with Crippen LogP contribution in [0.4, 0.5) is 0 Å². The quantitative estimate of drug-likeness (QED) is 0.716. The fourth-order valence-corrected chi connectivity index (χ4v) is 1.57. The smallest absolute Gasteiger partial charge is 0.217 e. The predicted molar refractivity (Wildman–Crippen MR) is 64.5 cm³/mol. The molecular formula is C13H20N2O. The Balaban J connectivity index is 1.87. The first kappa shape index (κ1) is 11.4. The minimum Gasteiger partial charge on any atom is -0.477 e. The fourth-order valence-electron chi connectivity index (χ4n) is 1.57. The SMILES string of the molecule is CCCNCc1cccnc1OCC1CC1. The van der Waals surface area contributed by atoms with Gasteiger partial charge in [-0.15, -0.1) is 0 Å². The molecule has 0 atom stereocenters. The average Bonchev–Trinajstić information content (AvgIpc) is 3.12. The van der Waals surface area contributed by atoms with Gasteiger partial charge in [-0.25, -0.2) is 4.98 Å². The van der Waals surface area contributed by atoms with E-state index in [0.29, 0.717) is 0 Å². The molecule has 0 bridgehead atoms. The Kier molecular flexibility index (Phi) is 4.17. The lowest BCUT2D eigenvalue weighted by Gasteiger charge is -2.10. The van der Waals surface area contributed by atoms with Crippen LogP contribution in [0.2, 0.25) is 0 Å². The minimum atomic E-state index is 0.776. The number of nitrogens with zero attached hydrogens (tertiary/aromatic N) is 1. The lowest BCUT2D eigenvalue weighted by Crippen LogP contribution is -2.15. The maximum atomic E-state index is 5.74. The second-order valence-electron chi connectivity index (χ2n) is 4.40. The van der Waals surface area contributed by atoms with Gasteiger partial charge in [-0.05, 0) is 37.8 Å². The molecule has 2 rings (SSSR count). The Morgan fingerprint density at radius 1 is 1.50 bits per heavy atom. The summed E-state index contributed by atoms with van der Waals surface area (Å²) in [6.45, 7) is 4.89. The normalized spacial score (nSPS) is 15.1. The Morgan fingerprint density at radius 3 is 3.12 bits per heavy atom. The van der Waals surface area contributed by atoms with Crippen molar-refractivity contribution in [1.29, 1.82) is 0 Å². The van der Waals surface area contributed by atoms with Gasteiger partial charge in [0.1, 0.15) is 0 Å². The molecule has 0 radical (unpaired) electrons. The van der Waals surface area contributed by atoms with E-state index in [0.717, 1.165) is 43.5 Å². The van der Waals surface area contributed by atoms with Crippen LogP contribution in [0.15, 0.2) is 18.3 Å². The topological polar surface area (TPSA) is 34.2 Å². The van der Waals surface area contributed by atoms with E-state index >= 15 is 0 Å². The van der Waals surface area contributed by atoms with Crippen molar-refractivity contribution in [3.63, 3.8) is 0 Å². The van der Waals surface area contributed by atoms with Gasteiger partial charge >= 0.3 is 0 Å². The van der Waals surface area contributed by atoms with Gasteiger partial charge in [-0.1, -0.05) is 13.0 Å². The van der Waals surface area contributed by atoms with Crippen LogP contribution in [0.1, 0.15) is 31.7 Å². The molecule has 1 aliphatic rings. The molecule has 1 saturated carbocycles. The van der Waals surface area contributed by atoms with E-state index in [2.05, 4.69) is 23.3 Å². The van der Waals surface area contributed by atoms with Crippen LogP contribution < -0.4 is 10.1 Å². The first-order valence-corrected chi connectivity index (χ1v) is 6.17. The summed E-state index contributed by atoms with van der Waals surface area (Å²) < 4.78 is 5.74. The van der Waals surface area contributed by atoms with Crippen molar-refractivity contribution in [3.8, 4) is 5.88 Å². The molecule has 3 nitrogen and oxygen atoms in total. The van der Waals surface area contributed by atoms with Crippen LogP contribution in [0.25, 0.3) is 0 Å². The van der Waals surface area contributed by atoms with Gasteiger partial charge in [0.05, 0.1) is 6.61 Å². The fraction of sp³-hybridized carbons (Fsp3) is 0.615. The highest BCUT2D eigenvalue weighted by Gasteiger charge is 2.22. The van der Waals surface area contributed by atoms with E-state index in [-0.39, 0.29) is 0 Å². The summed E-state index contributed by atoms with van der Waals surface area (Å²) in [7, 11) is 0. The molecule has 1 aliphatic carbocycles. The first-order valence-electron chi connectivity index (χ1n) is 6.17. The third-order valence-corrected chi connectivity index (χ3v) is 2.74. The predicted octanol–water partition coefficient (Wildman–Crippen LogP) is 2.37. The third-order valence-electron chi connectivity index (χ3n) is 2.74. The number of rotatable bonds is 7. The van der Waals surface area contributed by atoms with Crippen LogP contribution in [-0.4, -0.2) is 18.1 Å². The number of nitrogens with one attached hydrogen (secondary N) is 1. The molecule has 3 heteroatoms. The van der Waals surface area contributed by atoms with Crippen LogP contribution in [0.5, 0.6) is 5.88 Å². The highest BCUT2D eigenvalue weighted by molar-refractivity contribution is 5.25. The zero-order valence-electron chi connectivity index (χ0n) is 9.91. The third kappa shape index (κ3) is 3.49. The maximum Gasteiger partial charge on any atom is 0.217 e. The van der Waals surface area contributed by atoms with Gasteiger partial charge in [0.2, 0.25) is 5.88 Å². The minimum absolute atomic E-state index is 0.776. The molecule has 0 amide bonds. The Hall–Kier alpha value is -1.09. The lowest BCUT2D eigenvalue weighted by atomic mass is 10.2. The van der Waals surface area contributed by atoms with Gasteiger partial charge in [0.25, 0.3) is 0 Å². The first-order chi connectivity index (χ1) is 7.90. The molecule has 1 N–H and O–H groups in total. The largest absolute Gasteiger partial charge is 0.477 e. The molecular weight excluding hydrogens is 200 g/mol. The van der Waals surface area contributed by atoms with Crippen LogP contribution in [0, 0.1) is 5.92 Å². The number of ether oxygens (including phenoxy) is 1. The zero-order chi connectivity index (χ0) is 11.2. The van der Waals surface area contributed by atoms with Crippen molar-refractivity contribution >= 4 is 0 Å². The van der Waals surface area contributed by atoms with E-state index in [1.807, 2.05) is 6.07 Å². The molecule has 1 aromatic rings. The molecule has 1 heterocycles. The van der Waals surface area contributed by atoms with Crippen molar-refractivity contribution in [2.24, 2.45) is 5.92 Å². The summed E-state index contributed by atoms with van der Waals surface area (Å²) in [5.41, 5.74) is 1.16. The lowest BCUT2D eigenvalue weighted by molar-refractivity contribution is 0.284. The second-order valence-corrected chi connectivity index (χ2v) is 4.40. The van der Waals surface area contributed by atoms with Crippen molar-refractivity contribution in [2.75, 3.05) is 13.2 Å². The Labute approximate surface area is 97.2 Å². The molecule has 16 heavy (non-hydrogen) atoms. The van der Waals surface area contributed by atoms with Crippen LogP contribution in [-0.2, 0) is 6.54 Å².